The first-order valence-electron chi connectivity index (χ1n) is 12.2. The van der Waals surface area contributed by atoms with Gasteiger partial charge in [0, 0.05) is 52.0 Å². The summed E-state index contributed by atoms with van der Waals surface area (Å²) < 4.78 is 34.7. The Morgan fingerprint density at radius 3 is 2.49 bits per heavy atom. The van der Waals surface area contributed by atoms with Gasteiger partial charge in [-0.25, -0.2) is 18.6 Å². The fourth-order valence-corrected chi connectivity index (χ4v) is 4.84. The fraction of sp³-hybridized carbons (Fsp3) is 0.600. The van der Waals surface area contributed by atoms with E-state index in [1.165, 1.54) is 16.4 Å². The van der Waals surface area contributed by atoms with Crippen molar-refractivity contribution in [1.29, 1.82) is 0 Å². The molecule has 0 aliphatic carbocycles. The van der Waals surface area contributed by atoms with Gasteiger partial charge in [0.05, 0.1) is 22.5 Å². The Labute approximate surface area is 213 Å². The number of carboxylic acids is 1. The Morgan fingerprint density at radius 2 is 1.89 bits per heavy atom. The number of fused-ring (bicyclic) bond motifs is 1. The number of nitrogens with zero attached hydrogens (tertiary/aromatic N) is 4. The molecule has 1 saturated heterocycles. The zero-order chi connectivity index (χ0) is 27.5. The molecule has 2 N–H and O–H groups in total. The maximum absolute atomic E-state index is 14.1. The van der Waals surface area contributed by atoms with Crippen LogP contribution < -0.4 is 0 Å². The number of carbonyl (C=O) groups is 3. The van der Waals surface area contributed by atoms with Crippen LogP contribution >= 0.6 is 0 Å². The summed E-state index contributed by atoms with van der Waals surface area (Å²) in [7, 11) is 1.57. The van der Waals surface area contributed by atoms with Gasteiger partial charge in [0.15, 0.2) is 17.5 Å². The Balaban J connectivity index is 2.07. The van der Waals surface area contributed by atoms with E-state index in [-0.39, 0.29) is 48.8 Å². The summed E-state index contributed by atoms with van der Waals surface area (Å²) in [6, 6.07) is 1.20. The summed E-state index contributed by atoms with van der Waals surface area (Å²) in [6.07, 6.45) is 0.0133. The van der Waals surface area contributed by atoms with Crippen LogP contribution in [0.3, 0.4) is 0 Å². The largest absolute Gasteiger partial charge is 0.481 e. The molecular weight excluding hydrogens is 490 g/mol. The van der Waals surface area contributed by atoms with Crippen molar-refractivity contribution in [3.63, 3.8) is 0 Å². The molecule has 2 heterocycles. The second-order valence-corrected chi connectivity index (χ2v) is 10.3. The van der Waals surface area contributed by atoms with Crippen molar-refractivity contribution in [3.05, 3.63) is 29.6 Å². The number of methoxy groups -OCH3 is 1. The van der Waals surface area contributed by atoms with Crippen LogP contribution in [0.4, 0.5) is 13.6 Å². The van der Waals surface area contributed by atoms with Gasteiger partial charge in [0.2, 0.25) is 0 Å². The monoisotopic (exact) mass is 524 g/mol. The average molecular weight is 525 g/mol. The van der Waals surface area contributed by atoms with Gasteiger partial charge in [0.1, 0.15) is 0 Å². The maximum atomic E-state index is 14.1. The van der Waals surface area contributed by atoms with Crippen molar-refractivity contribution in [1.82, 2.24) is 19.4 Å². The van der Waals surface area contributed by atoms with Crippen LogP contribution in [0.15, 0.2) is 12.1 Å². The third-order valence-electron chi connectivity index (χ3n) is 6.67. The van der Waals surface area contributed by atoms with Gasteiger partial charge in [-0.3, -0.25) is 9.59 Å². The molecule has 10 nitrogen and oxygen atoms in total. The second kappa shape index (κ2) is 11.4. The number of aliphatic carboxylic acids is 1. The molecule has 1 aliphatic heterocycles. The minimum Gasteiger partial charge on any atom is -0.481 e. The van der Waals surface area contributed by atoms with E-state index in [0.29, 0.717) is 26.0 Å². The number of amides is 2. The number of benzene rings is 1. The number of imidazole rings is 1. The van der Waals surface area contributed by atoms with E-state index in [4.69, 9.17) is 4.74 Å². The first-order chi connectivity index (χ1) is 17.4. The van der Waals surface area contributed by atoms with E-state index in [1.807, 2.05) is 13.8 Å². The van der Waals surface area contributed by atoms with Crippen molar-refractivity contribution >= 4 is 29.0 Å². The molecule has 204 valence electrons. The van der Waals surface area contributed by atoms with Crippen molar-refractivity contribution in [2.45, 2.75) is 52.6 Å². The Kier molecular flexibility index (Phi) is 8.72. The number of unbranched alkanes of at least 4 members (excludes halogenated alkanes) is 1. The van der Waals surface area contributed by atoms with Crippen LogP contribution in [0.25, 0.3) is 11.0 Å². The highest BCUT2D eigenvalue weighted by atomic mass is 19.2. The van der Waals surface area contributed by atoms with Crippen LogP contribution in [0, 0.1) is 23.0 Å². The molecule has 1 aromatic carbocycles. The molecular formula is C25H34F2N4O6. The lowest BCUT2D eigenvalue weighted by Gasteiger charge is -2.45. The van der Waals surface area contributed by atoms with Gasteiger partial charge in [0.25, 0.3) is 5.91 Å². The highest BCUT2D eigenvalue weighted by Gasteiger charge is 2.46. The van der Waals surface area contributed by atoms with E-state index in [0.717, 1.165) is 17.0 Å². The minimum absolute atomic E-state index is 0.0327. The lowest BCUT2D eigenvalue weighted by Crippen LogP contribution is -2.59. The van der Waals surface area contributed by atoms with Crippen molar-refractivity contribution in [2.24, 2.45) is 11.3 Å². The number of aromatic nitrogens is 2. The van der Waals surface area contributed by atoms with Crippen LogP contribution in [-0.2, 0) is 16.1 Å². The Morgan fingerprint density at radius 1 is 1.22 bits per heavy atom. The standard InChI is InChI=1S/C25H34F2N4O6/c1-15(2)12-31(16-11-25(3,23(33)34)14-29(13-16)24(35)36)22(32)21-28-19-9-17(26)18(27)10-20(19)30(21)7-5-6-8-37-4/h9-10,15-16H,5-8,11-14H2,1-4H3,(H,33,34)(H,35,36)/t16-,25+/m0/s1. The molecule has 3 rings (SSSR count). The fourth-order valence-electron chi connectivity index (χ4n) is 4.84. The zero-order valence-electron chi connectivity index (χ0n) is 21.5. The quantitative estimate of drug-likeness (QED) is 0.454. The molecule has 1 aromatic heterocycles. The molecule has 0 spiro atoms. The van der Waals surface area contributed by atoms with E-state index in [1.54, 1.807) is 7.11 Å². The van der Waals surface area contributed by atoms with Gasteiger partial charge >= 0.3 is 12.1 Å². The smallest absolute Gasteiger partial charge is 0.407 e. The van der Waals surface area contributed by atoms with Gasteiger partial charge in [-0.2, -0.15) is 0 Å². The molecule has 37 heavy (non-hydrogen) atoms. The van der Waals surface area contributed by atoms with Gasteiger partial charge < -0.3 is 29.3 Å². The van der Waals surface area contributed by atoms with Gasteiger partial charge in [-0.05, 0) is 32.1 Å². The molecule has 2 atom stereocenters. The summed E-state index contributed by atoms with van der Waals surface area (Å²) >= 11 is 0. The number of aryl methyl sites for hydroxylation is 1. The van der Waals surface area contributed by atoms with Crippen LogP contribution in [-0.4, -0.2) is 86.9 Å². The average Bonchev–Trinajstić information content (AvgIpc) is 3.16. The summed E-state index contributed by atoms with van der Waals surface area (Å²) in [6.45, 7) is 5.95. The van der Waals surface area contributed by atoms with Crippen LogP contribution in [0.2, 0.25) is 0 Å². The zero-order valence-corrected chi connectivity index (χ0v) is 21.5. The molecule has 1 aliphatic rings. The molecule has 2 amide bonds. The molecule has 0 unspecified atom stereocenters. The summed E-state index contributed by atoms with van der Waals surface area (Å²) in [4.78, 5) is 44.7. The maximum Gasteiger partial charge on any atom is 0.407 e. The van der Waals surface area contributed by atoms with Gasteiger partial charge in [-0.15, -0.1) is 0 Å². The van der Waals surface area contributed by atoms with Crippen molar-refractivity contribution < 1.29 is 38.1 Å². The van der Waals surface area contributed by atoms with E-state index in [2.05, 4.69) is 4.98 Å². The third-order valence-corrected chi connectivity index (χ3v) is 6.67. The van der Waals surface area contributed by atoms with E-state index >= 15 is 0 Å². The lowest BCUT2D eigenvalue weighted by atomic mass is 9.79. The van der Waals surface area contributed by atoms with Gasteiger partial charge in [-0.1, -0.05) is 13.8 Å². The minimum atomic E-state index is -1.40. The molecule has 1 fully saturated rings. The topological polar surface area (TPSA) is 125 Å². The Bertz CT molecular complexity index is 1170. The number of hydrogen-bond acceptors (Lipinski definition) is 5. The predicted octanol–water partition coefficient (Wildman–Crippen LogP) is 3.68. The molecule has 0 saturated carbocycles. The molecule has 12 heteroatoms. The summed E-state index contributed by atoms with van der Waals surface area (Å²) in [5.74, 6) is -3.93. The molecule has 0 radical (unpaired) electrons. The van der Waals surface area contributed by atoms with Crippen LogP contribution in [0.1, 0.15) is 50.7 Å². The number of piperidine rings is 1. The van der Waals surface area contributed by atoms with E-state index in [9.17, 15) is 33.4 Å². The SMILES string of the molecule is COCCCCn1c(C(=O)N(CC(C)C)[C@@H]2CN(C(=O)O)C[C@](C)(C(=O)O)C2)nc2cc(F)c(F)cc21. The number of ether oxygens (including phenoxy) is 1. The number of carboxylic acid groups (broad SMARTS) is 2. The highest BCUT2D eigenvalue weighted by molar-refractivity contribution is 5.95. The second-order valence-electron chi connectivity index (χ2n) is 10.3. The van der Waals surface area contributed by atoms with Crippen LogP contribution in [0.5, 0.6) is 0 Å². The first-order valence-corrected chi connectivity index (χ1v) is 12.2. The highest BCUT2D eigenvalue weighted by Crippen LogP contribution is 2.34. The number of carbonyl (C=O) groups excluding carboxylic acids is 1. The lowest BCUT2D eigenvalue weighted by molar-refractivity contribution is -0.152. The number of rotatable bonds is 10. The number of hydrogen-bond donors (Lipinski definition) is 2. The number of likely N-dealkylation sites (tertiary alicyclic amines) is 1. The van der Waals surface area contributed by atoms with E-state index < -0.39 is 41.1 Å². The normalized spacial score (nSPS) is 20.0. The first kappa shape index (κ1) is 28.3. The third kappa shape index (κ3) is 6.17. The molecule has 0 bridgehead atoms. The predicted molar refractivity (Wildman–Crippen MR) is 130 cm³/mol. The summed E-state index contributed by atoms with van der Waals surface area (Å²) in [5.41, 5.74) is -1.02. The summed E-state index contributed by atoms with van der Waals surface area (Å²) in [5, 5.41) is 19.5. The van der Waals surface area contributed by atoms with Crippen molar-refractivity contribution in [2.75, 3.05) is 33.4 Å². The Hall–Kier alpha value is -3.28. The van der Waals surface area contributed by atoms with Crippen molar-refractivity contribution in [3.8, 4) is 0 Å². The molecule has 2 aromatic rings. The number of halogens is 2.